The lowest BCUT2D eigenvalue weighted by Gasteiger charge is -2.36. The van der Waals surface area contributed by atoms with Crippen molar-refractivity contribution in [1.82, 2.24) is 4.90 Å². The first-order valence-electron chi connectivity index (χ1n) is 6.91. The Kier molecular flexibility index (Phi) is 3.73. The standard InChI is InChI=1S/C14H19FN4O/c15-12-3-1-2-4-13(12)19-7-5-18(6-8-19)10-11-9-17-14(16)20-11/h1-4,11H,5-10H2,(H2,16,17). The van der Waals surface area contributed by atoms with Gasteiger partial charge >= 0.3 is 0 Å². The van der Waals surface area contributed by atoms with Gasteiger partial charge in [0, 0.05) is 32.7 Å². The van der Waals surface area contributed by atoms with Gasteiger partial charge in [-0.25, -0.2) is 9.38 Å². The van der Waals surface area contributed by atoms with E-state index < -0.39 is 0 Å². The van der Waals surface area contributed by atoms with Gasteiger partial charge in [0.05, 0.1) is 12.2 Å². The lowest BCUT2D eigenvalue weighted by molar-refractivity contribution is 0.139. The Morgan fingerprint density at radius 3 is 2.65 bits per heavy atom. The summed E-state index contributed by atoms with van der Waals surface area (Å²) in [4.78, 5) is 8.45. The normalized spacial score (nSPS) is 23.6. The van der Waals surface area contributed by atoms with E-state index in [9.17, 15) is 4.39 Å². The number of nitrogens with two attached hydrogens (primary N) is 1. The molecule has 2 aliphatic heterocycles. The predicted octanol–water partition coefficient (Wildman–Crippen LogP) is 0.661. The third-order valence-corrected chi connectivity index (χ3v) is 3.77. The lowest BCUT2D eigenvalue weighted by atomic mass is 10.2. The van der Waals surface area contributed by atoms with E-state index in [1.165, 1.54) is 6.07 Å². The van der Waals surface area contributed by atoms with Gasteiger partial charge in [0.15, 0.2) is 0 Å². The summed E-state index contributed by atoms with van der Waals surface area (Å²) in [6.07, 6.45) is 0.0648. The number of rotatable bonds is 3. The molecular formula is C14H19FN4O. The zero-order valence-electron chi connectivity index (χ0n) is 11.3. The topological polar surface area (TPSA) is 54.1 Å². The molecule has 2 aliphatic rings. The Labute approximate surface area is 117 Å². The number of amidine groups is 1. The molecular weight excluding hydrogens is 259 g/mol. The largest absolute Gasteiger partial charge is 0.459 e. The second-order valence-corrected chi connectivity index (χ2v) is 5.16. The highest BCUT2D eigenvalue weighted by molar-refractivity contribution is 5.73. The van der Waals surface area contributed by atoms with Crippen molar-refractivity contribution < 1.29 is 9.13 Å². The van der Waals surface area contributed by atoms with Crippen molar-refractivity contribution in [3.63, 3.8) is 0 Å². The monoisotopic (exact) mass is 278 g/mol. The van der Waals surface area contributed by atoms with Crippen LogP contribution in [0.1, 0.15) is 0 Å². The molecule has 1 aromatic rings. The van der Waals surface area contributed by atoms with E-state index in [1.54, 1.807) is 6.07 Å². The van der Waals surface area contributed by atoms with E-state index in [4.69, 9.17) is 10.5 Å². The highest BCUT2D eigenvalue weighted by Crippen LogP contribution is 2.20. The molecule has 6 heteroatoms. The summed E-state index contributed by atoms with van der Waals surface area (Å²) in [5.74, 6) is -0.152. The summed E-state index contributed by atoms with van der Waals surface area (Å²) < 4.78 is 19.1. The molecule has 5 nitrogen and oxygen atoms in total. The first-order chi connectivity index (χ1) is 9.72. The quantitative estimate of drug-likeness (QED) is 0.882. The highest BCUT2D eigenvalue weighted by Gasteiger charge is 2.24. The van der Waals surface area contributed by atoms with Crippen LogP contribution in [0.5, 0.6) is 0 Å². The van der Waals surface area contributed by atoms with Gasteiger partial charge in [0.2, 0.25) is 0 Å². The van der Waals surface area contributed by atoms with Crippen molar-refractivity contribution in [2.75, 3.05) is 44.2 Å². The number of nitrogens with zero attached hydrogens (tertiary/aromatic N) is 3. The second kappa shape index (κ2) is 5.66. The van der Waals surface area contributed by atoms with Gasteiger partial charge in [-0.05, 0) is 12.1 Å². The molecule has 0 bridgehead atoms. The van der Waals surface area contributed by atoms with Crippen LogP contribution in [0.2, 0.25) is 0 Å². The van der Waals surface area contributed by atoms with Crippen molar-refractivity contribution >= 4 is 11.7 Å². The molecule has 0 amide bonds. The fraction of sp³-hybridized carbons (Fsp3) is 0.500. The third kappa shape index (κ3) is 2.85. The fourth-order valence-electron chi connectivity index (χ4n) is 2.70. The molecule has 1 aromatic carbocycles. The molecule has 1 saturated heterocycles. The molecule has 0 radical (unpaired) electrons. The van der Waals surface area contributed by atoms with Crippen LogP contribution in [0.25, 0.3) is 0 Å². The third-order valence-electron chi connectivity index (χ3n) is 3.77. The molecule has 0 aliphatic carbocycles. The van der Waals surface area contributed by atoms with E-state index in [0.29, 0.717) is 18.3 Å². The van der Waals surface area contributed by atoms with Crippen LogP contribution >= 0.6 is 0 Å². The minimum atomic E-state index is -0.152. The van der Waals surface area contributed by atoms with Crippen molar-refractivity contribution in [2.45, 2.75) is 6.10 Å². The summed E-state index contributed by atoms with van der Waals surface area (Å²) in [5, 5.41) is 0. The molecule has 0 aromatic heterocycles. The molecule has 0 saturated carbocycles. The van der Waals surface area contributed by atoms with Crippen LogP contribution in [-0.2, 0) is 4.74 Å². The fourth-order valence-corrected chi connectivity index (χ4v) is 2.70. The summed E-state index contributed by atoms with van der Waals surface area (Å²) in [6.45, 7) is 4.91. The average molecular weight is 278 g/mol. The van der Waals surface area contributed by atoms with Gasteiger partial charge in [0.25, 0.3) is 6.02 Å². The second-order valence-electron chi connectivity index (χ2n) is 5.16. The Morgan fingerprint density at radius 1 is 1.25 bits per heavy atom. The van der Waals surface area contributed by atoms with E-state index in [1.807, 2.05) is 12.1 Å². The molecule has 2 N–H and O–H groups in total. The number of para-hydroxylation sites is 1. The minimum absolute atomic E-state index is 0.0648. The van der Waals surface area contributed by atoms with Crippen molar-refractivity contribution in [2.24, 2.45) is 10.7 Å². The number of aliphatic imine (C=N–C) groups is 1. The Morgan fingerprint density at radius 2 is 2.00 bits per heavy atom. The van der Waals surface area contributed by atoms with E-state index in [-0.39, 0.29) is 11.9 Å². The number of hydrogen-bond donors (Lipinski definition) is 1. The molecule has 3 rings (SSSR count). The van der Waals surface area contributed by atoms with Gasteiger partial charge in [-0.2, -0.15) is 0 Å². The van der Waals surface area contributed by atoms with Gasteiger partial charge in [-0.3, -0.25) is 4.90 Å². The Balaban J connectivity index is 1.51. The van der Waals surface area contributed by atoms with Gasteiger partial charge in [-0.15, -0.1) is 0 Å². The predicted molar refractivity (Wildman–Crippen MR) is 76.4 cm³/mol. The number of hydrogen-bond acceptors (Lipinski definition) is 5. The smallest absolute Gasteiger partial charge is 0.282 e. The van der Waals surface area contributed by atoms with E-state index >= 15 is 0 Å². The van der Waals surface area contributed by atoms with Crippen LogP contribution in [0, 0.1) is 5.82 Å². The van der Waals surface area contributed by atoms with Gasteiger partial charge in [-0.1, -0.05) is 12.1 Å². The molecule has 20 heavy (non-hydrogen) atoms. The highest BCUT2D eigenvalue weighted by atomic mass is 19.1. The molecule has 1 atom stereocenters. The number of ether oxygens (including phenoxy) is 1. The van der Waals surface area contributed by atoms with Crippen molar-refractivity contribution in [3.8, 4) is 0 Å². The molecule has 1 fully saturated rings. The summed E-state index contributed by atoms with van der Waals surface area (Å²) in [7, 11) is 0. The average Bonchev–Trinajstić information content (AvgIpc) is 2.86. The maximum Gasteiger partial charge on any atom is 0.282 e. The maximum atomic E-state index is 13.7. The number of anilines is 1. The van der Waals surface area contributed by atoms with Crippen LogP contribution in [0.4, 0.5) is 10.1 Å². The Hall–Kier alpha value is -1.82. The summed E-state index contributed by atoms with van der Waals surface area (Å²) in [5.41, 5.74) is 6.20. The van der Waals surface area contributed by atoms with Gasteiger partial charge < -0.3 is 15.4 Å². The number of benzene rings is 1. The van der Waals surface area contributed by atoms with E-state index in [2.05, 4.69) is 14.8 Å². The summed E-state index contributed by atoms with van der Waals surface area (Å²) in [6, 6.07) is 7.22. The minimum Gasteiger partial charge on any atom is -0.459 e. The maximum absolute atomic E-state index is 13.7. The first-order valence-corrected chi connectivity index (χ1v) is 6.91. The van der Waals surface area contributed by atoms with E-state index in [0.717, 1.165) is 32.7 Å². The molecule has 1 unspecified atom stereocenters. The zero-order chi connectivity index (χ0) is 13.9. The SMILES string of the molecule is NC1=NCC(CN2CCN(c3ccccc3F)CC2)O1. The number of halogens is 1. The molecule has 0 spiro atoms. The van der Waals surface area contributed by atoms with Crippen molar-refractivity contribution in [1.29, 1.82) is 0 Å². The lowest BCUT2D eigenvalue weighted by Crippen LogP contribution is -2.49. The molecule has 108 valence electrons. The van der Waals surface area contributed by atoms with Crippen LogP contribution in [0.3, 0.4) is 0 Å². The first kappa shape index (κ1) is 13.2. The zero-order valence-corrected chi connectivity index (χ0v) is 11.3. The van der Waals surface area contributed by atoms with Crippen molar-refractivity contribution in [3.05, 3.63) is 30.1 Å². The van der Waals surface area contributed by atoms with Crippen LogP contribution in [-0.4, -0.2) is 56.3 Å². The van der Waals surface area contributed by atoms with Gasteiger partial charge in [0.1, 0.15) is 11.9 Å². The van der Waals surface area contributed by atoms with Crippen LogP contribution in [0.15, 0.2) is 29.3 Å². The molecule has 2 heterocycles. The number of piperazine rings is 1. The summed E-state index contributed by atoms with van der Waals surface area (Å²) >= 11 is 0. The Bertz CT molecular complexity index is 500. The van der Waals surface area contributed by atoms with Crippen LogP contribution < -0.4 is 10.6 Å².